The summed E-state index contributed by atoms with van der Waals surface area (Å²) in [6.07, 6.45) is 0.731. The van der Waals surface area contributed by atoms with Gasteiger partial charge in [0.15, 0.2) is 11.5 Å². The molecule has 1 N–H and O–H groups in total. The van der Waals surface area contributed by atoms with Crippen molar-refractivity contribution < 1.29 is 19.0 Å². The lowest BCUT2D eigenvalue weighted by Crippen LogP contribution is -2.27. The number of hydrogen-bond donors (Lipinski definition) is 1. The predicted molar refractivity (Wildman–Crippen MR) is 86.5 cm³/mol. The topological polar surface area (TPSA) is 56.8 Å². The Morgan fingerprint density at radius 2 is 2.00 bits per heavy atom. The molecule has 1 amide bonds. The number of carbonyl (C=O) groups excluding carboxylic acids is 1. The van der Waals surface area contributed by atoms with Crippen LogP contribution in [0.1, 0.15) is 15.9 Å². The van der Waals surface area contributed by atoms with Crippen LogP contribution >= 0.6 is 0 Å². The Morgan fingerprint density at radius 3 is 2.87 bits per heavy atom. The molecular formula is C18H19NO4. The molecule has 0 unspecified atom stereocenters. The first-order valence-corrected chi connectivity index (χ1v) is 7.57. The fourth-order valence-electron chi connectivity index (χ4n) is 2.50. The Morgan fingerprint density at radius 1 is 1.17 bits per heavy atom. The van der Waals surface area contributed by atoms with Gasteiger partial charge in [-0.3, -0.25) is 4.79 Å². The summed E-state index contributed by atoms with van der Waals surface area (Å²) in [6.45, 7) is 1.51. The summed E-state index contributed by atoms with van der Waals surface area (Å²) in [4.78, 5) is 12.4. The maximum atomic E-state index is 12.4. The van der Waals surface area contributed by atoms with E-state index in [9.17, 15) is 4.79 Å². The van der Waals surface area contributed by atoms with Gasteiger partial charge in [-0.25, -0.2) is 0 Å². The van der Waals surface area contributed by atoms with Gasteiger partial charge in [-0.15, -0.1) is 0 Å². The average molecular weight is 313 g/mol. The highest BCUT2D eigenvalue weighted by atomic mass is 16.6. The maximum absolute atomic E-state index is 12.4. The lowest BCUT2D eigenvalue weighted by molar-refractivity contribution is 0.0943. The van der Waals surface area contributed by atoms with Crippen molar-refractivity contribution in [2.75, 3.05) is 26.9 Å². The number of para-hydroxylation sites is 1. The molecule has 2 aromatic carbocycles. The summed E-state index contributed by atoms with van der Waals surface area (Å²) >= 11 is 0. The zero-order valence-electron chi connectivity index (χ0n) is 13.0. The van der Waals surface area contributed by atoms with Crippen molar-refractivity contribution in [3.63, 3.8) is 0 Å². The number of amides is 1. The lowest BCUT2D eigenvalue weighted by atomic mass is 10.1. The monoisotopic (exact) mass is 313 g/mol. The van der Waals surface area contributed by atoms with E-state index in [1.165, 1.54) is 0 Å². The summed E-state index contributed by atoms with van der Waals surface area (Å²) in [5.74, 6) is 1.81. The molecule has 1 heterocycles. The Balaban J connectivity index is 1.61. The smallest absolute Gasteiger partial charge is 0.255 e. The fourth-order valence-corrected chi connectivity index (χ4v) is 2.50. The fraction of sp³-hybridized carbons (Fsp3) is 0.278. The second-order valence-electron chi connectivity index (χ2n) is 5.19. The van der Waals surface area contributed by atoms with Gasteiger partial charge in [0.25, 0.3) is 5.91 Å². The van der Waals surface area contributed by atoms with E-state index < -0.39 is 0 Å². The van der Waals surface area contributed by atoms with Crippen LogP contribution < -0.4 is 19.5 Å². The number of nitrogens with one attached hydrogen (secondary N) is 1. The van der Waals surface area contributed by atoms with Gasteiger partial charge in [-0.2, -0.15) is 0 Å². The van der Waals surface area contributed by atoms with Crippen molar-refractivity contribution >= 4 is 5.91 Å². The molecule has 0 atom stereocenters. The molecule has 0 aromatic heterocycles. The number of benzene rings is 2. The van der Waals surface area contributed by atoms with Gasteiger partial charge in [-0.1, -0.05) is 18.2 Å². The molecule has 23 heavy (non-hydrogen) atoms. The quantitative estimate of drug-likeness (QED) is 0.921. The van der Waals surface area contributed by atoms with Gasteiger partial charge in [0.1, 0.15) is 19.0 Å². The van der Waals surface area contributed by atoms with Crippen LogP contribution in [0.5, 0.6) is 17.2 Å². The molecule has 0 saturated carbocycles. The largest absolute Gasteiger partial charge is 0.497 e. The van der Waals surface area contributed by atoms with Crippen molar-refractivity contribution in [2.24, 2.45) is 0 Å². The number of carbonyl (C=O) groups is 1. The van der Waals surface area contributed by atoms with E-state index in [4.69, 9.17) is 14.2 Å². The minimum absolute atomic E-state index is 0.157. The van der Waals surface area contributed by atoms with E-state index >= 15 is 0 Å². The Hall–Kier alpha value is -2.69. The molecule has 1 aliphatic rings. The van der Waals surface area contributed by atoms with Gasteiger partial charge < -0.3 is 19.5 Å². The van der Waals surface area contributed by atoms with Gasteiger partial charge in [0, 0.05) is 6.54 Å². The highest BCUT2D eigenvalue weighted by Gasteiger charge is 2.19. The Kier molecular flexibility index (Phi) is 4.66. The SMILES string of the molecule is COc1cccc(CCNC(=O)c2cccc3c2OCCO3)c1. The van der Waals surface area contributed by atoms with Crippen LogP contribution in [-0.2, 0) is 6.42 Å². The zero-order chi connectivity index (χ0) is 16.1. The second kappa shape index (κ2) is 7.05. The van der Waals surface area contributed by atoms with E-state index in [0.29, 0.717) is 36.8 Å². The number of methoxy groups -OCH3 is 1. The molecule has 0 bridgehead atoms. The average Bonchev–Trinajstić information content (AvgIpc) is 2.61. The molecular weight excluding hydrogens is 294 g/mol. The van der Waals surface area contributed by atoms with Crippen LogP contribution in [0.4, 0.5) is 0 Å². The second-order valence-corrected chi connectivity index (χ2v) is 5.19. The van der Waals surface area contributed by atoms with E-state index in [0.717, 1.165) is 17.7 Å². The highest BCUT2D eigenvalue weighted by Crippen LogP contribution is 2.33. The van der Waals surface area contributed by atoms with Crippen LogP contribution in [-0.4, -0.2) is 32.8 Å². The normalized spacial score (nSPS) is 12.6. The number of hydrogen-bond acceptors (Lipinski definition) is 4. The Labute approximate surface area is 135 Å². The first-order chi connectivity index (χ1) is 11.3. The number of ether oxygens (including phenoxy) is 3. The molecule has 0 saturated heterocycles. The first kappa shape index (κ1) is 15.2. The number of fused-ring (bicyclic) bond motifs is 1. The van der Waals surface area contributed by atoms with E-state index in [1.54, 1.807) is 19.2 Å². The van der Waals surface area contributed by atoms with Crippen molar-refractivity contribution in [1.29, 1.82) is 0 Å². The Bertz CT molecular complexity index is 699. The molecule has 5 heteroatoms. The molecule has 120 valence electrons. The predicted octanol–water partition coefficient (Wildman–Crippen LogP) is 2.44. The van der Waals surface area contributed by atoms with Crippen molar-refractivity contribution in [2.45, 2.75) is 6.42 Å². The third-order valence-electron chi connectivity index (χ3n) is 3.64. The van der Waals surface area contributed by atoms with Crippen molar-refractivity contribution in [3.8, 4) is 17.2 Å². The molecule has 0 spiro atoms. The molecule has 3 rings (SSSR count). The summed E-state index contributed by atoms with van der Waals surface area (Å²) in [6, 6.07) is 13.2. The van der Waals surface area contributed by atoms with Gasteiger partial charge in [0.2, 0.25) is 0 Å². The molecule has 2 aromatic rings. The summed E-state index contributed by atoms with van der Waals surface area (Å²) in [7, 11) is 1.64. The highest BCUT2D eigenvalue weighted by molar-refractivity contribution is 5.97. The third-order valence-corrected chi connectivity index (χ3v) is 3.64. The summed E-state index contributed by atoms with van der Waals surface area (Å²) < 4.78 is 16.3. The zero-order valence-corrected chi connectivity index (χ0v) is 13.0. The summed E-state index contributed by atoms with van der Waals surface area (Å²) in [5, 5.41) is 2.92. The van der Waals surface area contributed by atoms with Gasteiger partial charge in [-0.05, 0) is 36.2 Å². The molecule has 5 nitrogen and oxygen atoms in total. The summed E-state index contributed by atoms with van der Waals surface area (Å²) in [5.41, 5.74) is 1.62. The number of rotatable bonds is 5. The van der Waals surface area contributed by atoms with E-state index in [-0.39, 0.29) is 5.91 Å². The third kappa shape index (κ3) is 3.56. The lowest BCUT2D eigenvalue weighted by Gasteiger charge is -2.20. The van der Waals surface area contributed by atoms with Crippen LogP contribution in [0, 0.1) is 0 Å². The molecule has 1 aliphatic heterocycles. The van der Waals surface area contributed by atoms with Crippen molar-refractivity contribution in [1.82, 2.24) is 5.32 Å². The molecule has 0 aliphatic carbocycles. The minimum atomic E-state index is -0.157. The first-order valence-electron chi connectivity index (χ1n) is 7.57. The minimum Gasteiger partial charge on any atom is -0.497 e. The van der Waals surface area contributed by atoms with E-state index in [1.807, 2.05) is 30.3 Å². The van der Waals surface area contributed by atoms with Crippen LogP contribution in [0.25, 0.3) is 0 Å². The van der Waals surface area contributed by atoms with Gasteiger partial charge in [0.05, 0.1) is 12.7 Å². The van der Waals surface area contributed by atoms with Crippen LogP contribution in [0.2, 0.25) is 0 Å². The van der Waals surface area contributed by atoms with Crippen LogP contribution in [0.3, 0.4) is 0 Å². The van der Waals surface area contributed by atoms with E-state index in [2.05, 4.69) is 5.32 Å². The van der Waals surface area contributed by atoms with Crippen LogP contribution in [0.15, 0.2) is 42.5 Å². The maximum Gasteiger partial charge on any atom is 0.255 e. The van der Waals surface area contributed by atoms with Gasteiger partial charge >= 0.3 is 0 Å². The molecule has 0 radical (unpaired) electrons. The standard InChI is InChI=1S/C18H19NO4/c1-21-14-5-2-4-13(12-14)8-9-19-18(20)15-6-3-7-16-17(15)23-11-10-22-16/h2-7,12H,8-11H2,1H3,(H,19,20). The molecule has 0 fully saturated rings. The van der Waals surface area contributed by atoms with Crippen molar-refractivity contribution in [3.05, 3.63) is 53.6 Å².